The number of piperidine rings is 1. The number of hydrogen-bond acceptors (Lipinski definition) is 3. The third kappa shape index (κ3) is 3.45. The second-order valence-electron chi connectivity index (χ2n) is 4.21. The molecule has 1 rings (SSSR count). The molecular weight excluding hydrogens is 256 g/mol. The Labute approximate surface area is 108 Å². The van der Waals surface area contributed by atoms with Gasteiger partial charge < -0.3 is 5.11 Å². The number of aliphatic carboxylic acids is 1. The fourth-order valence-corrected chi connectivity index (χ4v) is 3.55. The molecule has 18 heavy (non-hydrogen) atoms. The minimum Gasteiger partial charge on any atom is -0.480 e. The van der Waals surface area contributed by atoms with Crippen molar-refractivity contribution in [3.05, 3.63) is 0 Å². The highest BCUT2D eigenvalue weighted by Gasteiger charge is 2.37. The van der Waals surface area contributed by atoms with Crippen LogP contribution in [0, 0.1) is 12.3 Å². The zero-order valence-electron chi connectivity index (χ0n) is 10.3. The van der Waals surface area contributed by atoms with E-state index in [-0.39, 0.29) is 6.54 Å². The van der Waals surface area contributed by atoms with Gasteiger partial charge in [0.05, 0.1) is 6.04 Å². The van der Waals surface area contributed by atoms with E-state index < -0.39 is 28.3 Å². The van der Waals surface area contributed by atoms with Crippen LogP contribution >= 0.6 is 0 Å². The summed E-state index contributed by atoms with van der Waals surface area (Å²) in [4.78, 5) is 11.1. The Morgan fingerprint density at radius 3 is 2.78 bits per heavy atom. The molecule has 0 radical (unpaired) electrons. The summed E-state index contributed by atoms with van der Waals surface area (Å²) in [7, 11) is -3.84. The van der Waals surface area contributed by atoms with Crippen molar-refractivity contribution in [2.75, 3.05) is 6.54 Å². The third-order valence-electron chi connectivity index (χ3n) is 2.95. The maximum absolute atomic E-state index is 12.1. The smallest absolute Gasteiger partial charge is 0.322 e. The number of carbonyl (C=O) groups is 1. The first-order valence-electron chi connectivity index (χ1n) is 5.90. The summed E-state index contributed by atoms with van der Waals surface area (Å²) in [6.07, 6.45) is 7.38. The van der Waals surface area contributed by atoms with Crippen molar-refractivity contribution in [2.24, 2.45) is 0 Å². The van der Waals surface area contributed by atoms with E-state index in [0.29, 0.717) is 19.3 Å². The van der Waals surface area contributed by atoms with E-state index in [1.165, 1.54) is 0 Å². The standard InChI is InChI=1S/C11H18N2O4S/c1-3-9(4-2)12-18(16,17)13-8-6-5-7-10(13)11(14)15/h1,9-10,12H,4-8H2,2H3,(H,14,15). The fraction of sp³-hybridized carbons (Fsp3) is 0.727. The zero-order chi connectivity index (χ0) is 13.8. The lowest BCUT2D eigenvalue weighted by Crippen LogP contribution is -2.53. The summed E-state index contributed by atoms with van der Waals surface area (Å²) in [6.45, 7) is 1.98. The van der Waals surface area contributed by atoms with Crippen molar-refractivity contribution in [3.8, 4) is 12.3 Å². The minimum absolute atomic E-state index is 0.216. The van der Waals surface area contributed by atoms with Crippen LogP contribution in [0.25, 0.3) is 0 Å². The van der Waals surface area contributed by atoms with Gasteiger partial charge in [-0.2, -0.15) is 17.4 Å². The van der Waals surface area contributed by atoms with Crippen LogP contribution in [-0.2, 0) is 15.0 Å². The summed E-state index contributed by atoms with van der Waals surface area (Å²) in [5, 5.41) is 9.05. The Kier molecular flexibility index (Phi) is 5.14. The molecule has 0 amide bonds. The lowest BCUT2D eigenvalue weighted by molar-refractivity contribution is -0.142. The van der Waals surface area contributed by atoms with Gasteiger partial charge >= 0.3 is 5.97 Å². The van der Waals surface area contributed by atoms with E-state index >= 15 is 0 Å². The Hall–Kier alpha value is -1.10. The molecule has 2 N–H and O–H groups in total. The molecule has 0 aliphatic carbocycles. The third-order valence-corrected chi connectivity index (χ3v) is 4.58. The van der Waals surface area contributed by atoms with Crippen LogP contribution < -0.4 is 4.72 Å². The van der Waals surface area contributed by atoms with Gasteiger partial charge in [0.25, 0.3) is 10.2 Å². The number of terminal acetylenes is 1. The van der Waals surface area contributed by atoms with Gasteiger partial charge in [-0.15, -0.1) is 6.42 Å². The number of rotatable bonds is 5. The van der Waals surface area contributed by atoms with E-state index in [9.17, 15) is 13.2 Å². The second-order valence-corrected chi connectivity index (χ2v) is 5.87. The molecule has 1 saturated heterocycles. The Morgan fingerprint density at radius 2 is 2.28 bits per heavy atom. The summed E-state index contributed by atoms with van der Waals surface area (Å²) in [6, 6.07) is -1.60. The highest BCUT2D eigenvalue weighted by atomic mass is 32.2. The van der Waals surface area contributed by atoms with E-state index in [4.69, 9.17) is 11.5 Å². The lowest BCUT2D eigenvalue weighted by Gasteiger charge is -2.32. The second kappa shape index (κ2) is 6.18. The Morgan fingerprint density at radius 1 is 1.61 bits per heavy atom. The van der Waals surface area contributed by atoms with Gasteiger partial charge in [-0.05, 0) is 25.7 Å². The van der Waals surface area contributed by atoms with E-state index in [1.807, 2.05) is 0 Å². The summed E-state index contributed by atoms with van der Waals surface area (Å²) < 4.78 is 27.5. The molecule has 0 saturated carbocycles. The van der Waals surface area contributed by atoms with Gasteiger partial charge in [-0.3, -0.25) is 4.79 Å². The Balaban J connectivity index is 2.88. The molecule has 0 spiro atoms. The molecule has 1 aliphatic heterocycles. The predicted molar refractivity (Wildman–Crippen MR) is 66.9 cm³/mol. The number of nitrogens with zero attached hydrogens (tertiary/aromatic N) is 1. The average molecular weight is 274 g/mol. The number of hydrogen-bond donors (Lipinski definition) is 2. The highest BCUT2D eigenvalue weighted by molar-refractivity contribution is 7.87. The van der Waals surface area contributed by atoms with E-state index in [0.717, 1.165) is 10.7 Å². The van der Waals surface area contributed by atoms with Crippen LogP contribution in [0.1, 0.15) is 32.6 Å². The van der Waals surface area contributed by atoms with Crippen LogP contribution in [0.15, 0.2) is 0 Å². The van der Waals surface area contributed by atoms with Crippen LogP contribution in [0.4, 0.5) is 0 Å². The molecule has 1 fully saturated rings. The van der Waals surface area contributed by atoms with E-state index in [2.05, 4.69) is 10.6 Å². The van der Waals surface area contributed by atoms with Crippen LogP contribution in [0.3, 0.4) is 0 Å². The molecular formula is C11H18N2O4S. The summed E-state index contributed by atoms with van der Waals surface area (Å²) in [5.41, 5.74) is 0. The van der Waals surface area contributed by atoms with Gasteiger partial charge in [-0.25, -0.2) is 0 Å². The van der Waals surface area contributed by atoms with Gasteiger partial charge in [0.2, 0.25) is 0 Å². The molecule has 102 valence electrons. The molecule has 2 unspecified atom stereocenters. The maximum atomic E-state index is 12.1. The molecule has 0 bridgehead atoms. The molecule has 0 aromatic heterocycles. The molecule has 7 heteroatoms. The fourth-order valence-electron chi connectivity index (χ4n) is 1.92. The largest absolute Gasteiger partial charge is 0.480 e. The van der Waals surface area contributed by atoms with Gasteiger partial charge in [0, 0.05) is 6.54 Å². The quantitative estimate of drug-likeness (QED) is 0.700. The van der Waals surface area contributed by atoms with Gasteiger partial charge in [-0.1, -0.05) is 12.8 Å². The first-order chi connectivity index (χ1) is 8.42. The Bertz CT molecular complexity index is 440. The van der Waals surface area contributed by atoms with Crippen molar-refractivity contribution in [1.29, 1.82) is 0 Å². The van der Waals surface area contributed by atoms with Gasteiger partial charge in [0.1, 0.15) is 6.04 Å². The zero-order valence-corrected chi connectivity index (χ0v) is 11.1. The van der Waals surface area contributed by atoms with Crippen LogP contribution in [0.5, 0.6) is 0 Å². The van der Waals surface area contributed by atoms with Crippen molar-refractivity contribution in [3.63, 3.8) is 0 Å². The molecule has 0 aromatic carbocycles. The average Bonchev–Trinajstić information content (AvgIpc) is 2.36. The van der Waals surface area contributed by atoms with E-state index in [1.54, 1.807) is 6.92 Å². The normalized spacial score (nSPS) is 23.2. The lowest BCUT2D eigenvalue weighted by atomic mass is 10.1. The number of carboxylic acid groups (broad SMARTS) is 1. The van der Waals surface area contributed by atoms with Crippen LogP contribution in [-0.4, -0.2) is 42.4 Å². The maximum Gasteiger partial charge on any atom is 0.322 e. The first kappa shape index (κ1) is 15.0. The van der Waals surface area contributed by atoms with Crippen molar-refractivity contribution >= 4 is 16.2 Å². The SMILES string of the molecule is C#CC(CC)NS(=O)(=O)N1CCCCC1C(=O)O. The summed E-state index contributed by atoms with van der Waals surface area (Å²) in [5.74, 6) is 1.21. The van der Waals surface area contributed by atoms with Crippen molar-refractivity contribution < 1.29 is 18.3 Å². The molecule has 1 heterocycles. The minimum atomic E-state index is -3.84. The topological polar surface area (TPSA) is 86.7 Å². The molecule has 1 aliphatic rings. The predicted octanol–water partition coefficient (Wildman–Crippen LogP) is 0.172. The number of carboxylic acids is 1. The highest BCUT2D eigenvalue weighted by Crippen LogP contribution is 2.20. The first-order valence-corrected chi connectivity index (χ1v) is 7.34. The summed E-state index contributed by atoms with van der Waals surface area (Å²) >= 11 is 0. The molecule has 2 atom stereocenters. The number of nitrogens with one attached hydrogen (secondary N) is 1. The molecule has 6 nitrogen and oxygen atoms in total. The monoisotopic (exact) mass is 274 g/mol. The van der Waals surface area contributed by atoms with Crippen molar-refractivity contribution in [1.82, 2.24) is 9.03 Å². The van der Waals surface area contributed by atoms with Crippen molar-refractivity contribution in [2.45, 2.75) is 44.7 Å². The molecule has 0 aromatic rings. The van der Waals surface area contributed by atoms with Crippen LogP contribution in [0.2, 0.25) is 0 Å². The van der Waals surface area contributed by atoms with Gasteiger partial charge in [0.15, 0.2) is 0 Å².